The highest BCUT2D eigenvalue weighted by Gasteiger charge is 2.22. The molecule has 2 N–H and O–H groups in total. The van der Waals surface area contributed by atoms with Crippen LogP contribution in [-0.4, -0.2) is 28.2 Å². The fraction of sp³-hybridized carbons (Fsp3) is 0.182. The van der Waals surface area contributed by atoms with E-state index >= 15 is 0 Å². The topological polar surface area (TPSA) is 65.2 Å². The third kappa shape index (κ3) is 3.80. The van der Waals surface area contributed by atoms with Crippen LogP contribution in [-0.2, 0) is 22.6 Å². The molecule has 0 bridgehead atoms. The molecule has 5 nitrogen and oxygen atoms in total. The van der Waals surface area contributed by atoms with E-state index in [9.17, 15) is 9.59 Å². The molecule has 0 radical (unpaired) electrons. The number of fused-ring (bicyclic) bond motifs is 3. The molecule has 0 unspecified atom stereocenters. The summed E-state index contributed by atoms with van der Waals surface area (Å²) in [6.45, 7) is 2.72. The number of carbonyl (C=O) groups is 2. The zero-order chi connectivity index (χ0) is 19.7. The second-order valence-electron chi connectivity index (χ2n) is 6.92. The second-order valence-corrected chi connectivity index (χ2v) is 7.35. The van der Waals surface area contributed by atoms with Gasteiger partial charge in [-0.3, -0.25) is 9.59 Å². The Morgan fingerprint density at radius 3 is 2.71 bits per heavy atom. The first-order chi connectivity index (χ1) is 13.5. The quantitative estimate of drug-likeness (QED) is 0.648. The lowest BCUT2D eigenvalue weighted by molar-refractivity contribution is -0.126. The molecule has 142 valence electrons. The van der Waals surface area contributed by atoms with Gasteiger partial charge in [-0.15, -0.1) is 0 Å². The van der Waals surface area contributed by atoms with E-state index in [1.165, 1.54) is 12.6 Å². The number of aromatic amines is 1. The summed E-state index contributed by atoms with van der Waals surface area (Å²) in [7, 11) is 0. The van der Waals surface area contributed by atoms with E-state index < -0.39 is 0 Å². The predicted molar refractivity (Wildman–Crippen MR) is 112 cm³/mol. The second kappa shape index (κ2) is 7.52. The maximum atomic E-state index is 12.7. The maximum absolute atomic E-state index is 12.7. The molecule has 6 heteroatoms. The molecule has 0 spiro atoms. The van der Waals surface area contributed by atoms with Gasteiger partial charge < -0.3 is 15.2 Å². The zero-order valence-electron chi connectivity index (χ0n) is 15.5. The van der Waals surface area contributed by atoms with Gasteiger partial charge in [0.1, 0.15) is 0 Å². The molecule has 0 saturated carbocycles. The molecule has 3 aromatic rings. The van der Waals surface area contributed by atoms with Crippen molar-refractivity contribution >= 4 is 46.1 Å². The van der Waals surface area contributed by atoms with Gasteiger partial charge in [-0.1, -0.05) is 23.7 Å². The van der Waals surface area contributed by atoms with Gasteiger partial charge in [0.25, 0.3) is 0 Å². The number of nitrogens with one attached hydrogen (secondary N) is 2. The fourth-order valence-corrected chi connectivity index (χ4v) is 3.70. The van der Waals surface area contributed by atoms with Crippen molar-refractivity contribution in [2.24, 2.45) is 0 Å². The van der Waals surface area contributed by atoms with Crippen LogP contribution in [0.2, 0.25) is 5.02 Å². The molecular formula is C22H20ClN3O2. The Morgan fingerprint density at radius 1 is 1.18 bits per heavy atom. The van der Waals surface area contributed by atoms with Gasteiger partial charge >= 0.3 is 0 Å². The van der Waals surface area contributed by atoms with Crippen LogP contribution in [0.4, 0.5) is 5.69 Å². The van der Waals surface area contributed by atoms with E-state index in [-0.39, 0.29) is 11.8 Å². The molecule has 0 fully saturated rings. The smallest absolute Gasteiger partial charge is 0.246 e. The SMILES string of the molecule is CC(=O)Nc1ccc(/C=C/C(=O)N2CCc3[nH]c4ccc(Cl)cc4c3C2)cc1. The minimum absolute atomic E-state index is 0.0204. The third-order valence-corrected chi connectivity index (χ3v) is 5.13. The number of rotatable bonds is 3. The van der Waals surface area contributed by atoms with Crippen molar-refractivity contribution in [2.45, 2.75) is 19.9 Å². The summed E-state index contributed by atoms with van der Waals surface area (Å²) in [6, 6.07) is 13.2. The number of benzene rings is 2. The number of aromatic nitrogens is 1. The van der Waals surface area contributed by atoms with Gasteiger partial charge in [0.15, 0.2) is 0 Å². The molecule has 0 aliphatic carbocycles. The molecule has 28 heavy (non-hydrogen) atoms. The highest BCUT2D eigenvalue weighted by atomic mass is 35.5. The number of H-pyrrole nitrogens is 1. The lowest BCUT2D eigenvalue weighted by Gasteiger charge is -2.26. The predicted octanol–water partition coefficient (Wildman–Crippen LogP) is 4.38. The van der Waals surface area contributed by atoms with Gasteiger partial charge in [0.2, 0.25) is 11.8 Å². The summed E-state index contributed by atoms with van der Waals surface area (Å²) in [5, 5.41) is 4.50. The largest absolute Gasteiger partial charge is 0.358 e. The summed E-state index contributed by atoms with van der Waals surface area (Å²) in [5.74, 6) is -0.130. The molecule has 1 aliphatic rings. The first-order valence-electron chi connectivity index (χ1n) is 9.13. The number of carbonyl (C=O) groups excluding carboxylic acids is 2. The summed E-state index contributed by atoms with van der Waals surface area (Å²) in [6.07, 6.45) is 4.19. The summed E-state index contributed by atoms with van der Waals surface area (Å²) in [5.41, 5.74) is 5.01. The van der Waals surface area contributed by atoms with Gasteiger partial charge in [-0.25, -0.2) is 0 Å². The first kappa shape index (κ1) is 18.3. The van der Waals surface area contributed by atoms with Crippen molar-refractivity contribution < 1.29 is 9.59 Å². The zero-order valence-corrected chi connectivity index (χ0v) is 16.2. The molecule has 0 saturated heterocycles. The van der Waals surface area contributed by atoms with Crippen molar-refractivity contribution in [3.63, 3.8) is 0 Å². The molecule has 4 rings (SSSR count). The van der Waals surface area contributed by atoms with Crippen LogP contribution < -0.4 is 5.32 Å². The number of hydrogen-bond acceptors (Lipinski definition) is 2. The van der Waals surface area contributed by atoms with Crippen molar-refractivity contribution in [1.82, 2.24) is 9.88 Å². The Bertz CT molecular complexity index is 1080. The van der Waals surface area contributed by atoms with E-state index in [4.69, 9.17) is 11.6 Å². The number of nitrogens with zero attached hydrogens (tertiary/aromatic N) is 1. The van der Waals surface area contributed by atoms with Crippen LogP contribution >= 0.6 is 11.6 Å². The van der Waals surface area contributed by atoms with Crippen LogP contribution in [0.3, 0.4) is 0 Å². The Balaban J connectivity index is 1.47. The standard InChI is InChI=1S/C22H20ClN3O2/c1-14(27)24-17-6-2-15(3-7-17)4-9-22(28)26-11-10-21-19(13-26)18-12-16(23)5-8-20(18)25-21/h2-9,12,25H,10-11,13H2,1H3,(H,24,27)/b9-4+. The number of halogens is 1. The van der Waals surface area contributed by atoms with Gasteiger partial charge in [0, 0.05) is 65.4 Å². The van der Waals surface area contributed by atoms with Crippen molar-refractivity contribution in [2.75, 3.05) is 11.9 Å². The highest BCUT2D eigenvalue weighted by Crippen LogP contribution is 2.29. The Hall–Kier alpha value is -3.05. The normalized spacial score (nSPS) is 13.7. The molecule has 2 heterocycles. The summed E-state index contributed by atoms with van der Waals surface area (Å²) < 4.78 is 0. The van der Waals surface area contributed by atoms with Gasteiger partial charge in [0.05, 0.1) is 0 Å². The Kier molecular flexibility index (Phi) is 4.92. The Labute approximate surface area is 168 Å². The molecule has 0 atom stereocenters. The van der Waals surface area contributed by atoms with Crippen molar-refractivity contribution in [3.8, 4) is 0 Å². The van der Waals surface area contributed by atoms with Gasteiger partial charge in [-0.2, -0.15) is 0 Å². The maximum Gasteiger partial charge on any atom is 0.246 e. The lowest BCUT2D eigenvalue weighted by Crippen LogP contribution is -2.34. The minimum Gasteiger partial charge on any atom is -0.358 e. The lowest BCUT2D eigenvalue weighted by atomic mass is 10.0. The highest BCUT2D eigenvalue weighted by molar-refractivity contribution is 6.31. The minimum atomic E-state index is -0.110. The first-order valence-corrected chi connectivity index (χ1v) is 9.51. The van der Waals surface area contributed by atoms with Gasteiger partial charge in [-0.05, 0) is 42.0 Å². The van der Waals surface area contributed by atoms with E-state index in [0.717, 1.165) is 34.1 Å². The van der Waals surface area contributed by atoms with E-state index in [2.05, 4.69) is 10.3 Å². The van der Waals surface area contributed by atoms with Crippen LogP contribution in [0.5, 0.6) is 0 Å². The van der Waals surface area contributed by atoms with E-state index in [1.807, 2.05) is 47.4 Å². The average Bonchev–Trinajstić information content (AvgIpc) is 3.04. The molecule has 2 amide bonds. The van der Waals surface area contributed by atoms with E-state index in [1.54, 1.807) is 12.2 Å². The Morgan fingerprint density at radius 2 is 1.96 bits per heavy atom. The van der Waals surface area contributed by atoms with Crippen LogP contribution in [0.1, 0.15) is 23.7 Å². The third-order valence-electron chi connectivity index (χ3n) is 4.90. The summed E-state index contributed by atoms with van der Waals surface area (Å²) in [4.78, 5) is 29.0. The fourth-order valence-electron chi connectivity index (χ4n) is 3.53. The molecular weight excluding hydrogens is 374 g/mol. The number of amides is 2. The average molecular weight is 394 g/mol. The van der Waals surface area contributed by atoms with Crippen LogP contribution in [0, 0.1) is 0 Å². The van der Waals surface area contributed by atoms with Crippen LogP contribution in [0.15, 0.2) is 48.5 Å². The summed E-state index contributed by atoms with van der Waals surface area (Å²) >= 11 is 6.14. The molecule has 1 aromatic heterocycles. The number of hydrogen-bond donors (Lipinski definition) is 2. The van der Waals surface area contributed by atoms with Crippen molar-refractivity contribution in [3.05, 3.63) is 70.4 Å². The van der Waals surface area contributed by atoms with Crippen molar-refractivity contribution in [1.29, 1.82) is 0 Å². The number of anilines is 1. The molecule has 1 aliphatic heterocycles. The van der Waals surface area contributed by atoms with Crippen LogP contribution in [0.25, 0.3) is 17.0 Å². The molecule has 2 aromatic carbocycles. The monoisotopic (exact) mass is 393 g/mol. The van der Waals surface area contributed by atoms with E-state index in [0.29, 0.717) is 18.1 Å².